The molecule has 1 radical (unpaired) electrons. The molecule has 0 aliphatic heterocycles. The summed E-state index contributed by atoms with van der Waals surface area (Å²) in [5, 5.41) is 0. The molecule has 0 amide bonds. The smallest absolute Gasteiger partial charge is 0.206 e. The van der Waals surface area contributed by atoms with Gasteiger partial charge in [-0.05, 0) is 0 Å². The van der Waals surface area contributed by atoms with Crippen molar-refractivity contribution in [2.75, 3.05) is 0 Å². The molecule has 0 bridgehead atoms. The van der Waals surface area contributed by atoms with Crippen LogP contribution >= 0.6 is 0 Å². The molecule has 0 aromatic carbocycles. The van der Waals surface area contributed by atoms with Gasteiger partial charge < -0.3 is 0 Å². The van der Waals surface area contributed by atoms with Crippen LogP contribution in [-0.2, 0) is 32.7 Å². The van der Waals surface area contributed by atoms with Gasteiger partial charge in [0.15, 0.2) is 0 Å². The summed E-state index contributed by atoms with van der Waals surface area (Å²) >= 11 is 0. The molecule has 0 saturated carbocycles. The molecule has 0 unspecified atom stereocenters. The summed E-state index contributed by atoms with van der Waals surface area (Å²) in [6.07, 6.45) is -11.3. The van der Waals surface area contributed by atoms with Crippen LogP contribution in [0, 0.1) is 5.92 Å². The minimum absolute atomic E-state index is 0. The largest absolute Gasteiger partial charge is 0.280 e. The minimum atomic E-state index is -5.33. The summed E-state index contributed by atoms with van der Waals surface area (Å²) < 4.78 is 69.6. The van der Waals surface area contributed by atoms with E-state index in [0.29, 0.717) is 6.08 Å². The number of alkyl halides is 6. The summed E-state index contributed by atoms with van der Waals surface area (Å²) in [6, 6.07) is 0. The molecule has 75 valence electrons. The van der Waals surface area contributed by atoms with E-state index in [4.69, 9.17) is 0 Å². The number of allylic oxidation sites excluding steroid dienone is 1. The first-order valence-electron chi connectivity index (χ1n) is 2.80. The van der Waals surface area contributed by atoms with Crippen LogP contribution in [-0.4, -0.2) is 12.4 Å². The Kier molecular flexibility index (Phi) is 6.52. The van der Waals surface area contributed by atoms with Gasteiger partial charge in [0.05, 0.1) is 0 Å². The van der Waals surface area contributed by atoms with Crippen LogP contribution in [0.1, 0.15) is 6.42 Å². The molecule has 0 aliphatic rings. The molecule has 0 N–H and O–H groups in total. The normalized spacial score (nSPS) is 12.5. The summed E-state index contributed by atoms with van der Waals surface area (Å²) in [4.78, 5) is 0. The third-order valence-electron chi connectivity index (χ3n) is 1.03. The summed E-state index contributed by atoms with van der Waals surface area (Å²) in [5.74, 6) is -2.43. The second kappa shape index (κ2) is 5.34. The Hall–Kier alpha value is 0.424. The first-order chi connectivity index (χ1) is 5.19. The van der Waals surface area contributed by atoms with Gasteiger partial charge in [0.25, 0.3) is 12.4 Å². The van der Waals surface area contributed by atoms with Crippen LogP contribution in [0.5, 0.6) is 0 Å². The fourth-order valence-corrected chi connectivity index (χ4v) is 0.537. The molecule has 0 heterocycles. The predicted molar refractivity (Wildman–Crippen MR) is 30.2 cm³/mol. The van der Waals surface area contributed by atoms with Crippen LogP contribution in [0.4, 0.5) is 26.3 Å². The van der Waals surface area contributed by atoms with Crippen LogP contribution in [0.15, 0.2) is 12.7 Å². The van der Waals surface area contributed by atoms with Crippen molar-refractivity contribution < 1.29 is 59.1 Å². The summed E-state index contributed by atoms with van der Waals surface area (Å²) in [5.41, 5.74) is 0. The molecule has 0 spiro atoms. The molecule has 7 heteroatoms. The quantitative estimate of drug-likeness (QED) is 0.414. The van der Waals surface area contributed by atoms with Gasteiger partial charge in [-0.3, -0.25) is 0 Å². The topological polar surface area (TPSA) is 0 Å². The molecule has 13 heavy (non-hydrogen) atoms. The maximum Gasteiger partial charge on any atom is 0.280 e. The van der Waals surface area contributed by atoms with Crippen molar-refractivity contribution in [3.8, 4) is 0 Å². The Bertz CT molecular complexity index is 143. The second-order valence-electron chi connectivity index (χ2n) is 1.97. The molecule has 0 fully saturated rings. The van der Waals surface area contributed by atoms with E-state index in [1.165, 1.54) is 0 Å². The number of hydrogen-bond acceptors (Lipinski definition) is 0. The van der Waals surface area contributed by atoms with Gasteiger partial charge in [0.2, 0.25) is 0 Å². The molecular weight excluding hydrogens is 275 g/mol. The Morgan fingerprint density at radius 3 is 1.38 bits per heavy atom. The average Bonchev–Trinajstić information content (AvgIpc) is 1.77. The van der Waals surface area contributed by atoms with Crippen molar-refractivity contribution in [2.45, 2.75) is 18.8 Å². The molecular formula is C6H5F6Y-. The Balaban J connectivity index is 0. The van der Waals surface area contributed by atoms with E-state index in [1.54, 1.807) is 0 Å². The van der Waals surface area contributed by atoms with Crippen molar-refractivity contribution in [1.82, 2.24) is 0 Å². The standard InChI is InChI=1S/C6H5F6.Y/c1-2-3-4(5(7,8)9)6(10,11)12;/h2H,1,3H2;/q-1;. The Labute approximate surface area is 96.3 Å². The number of halogens is 6. The molecule has 0 aliphatic carbocycles. The predicted octanol–water partition coefficient (Wildman–Crippen LogP) is 3.26. The zero-order valence-electron chi connectivity index (χ0n) is 6.34. The van der Waals surface area contributed by atoms with Crippen LogP contribution in [0.2, 0.25) is 0 Å². The Morgan fingerprint density at radius 2 is 1.31 bits per heavy atom. The Morgan fingerprint density at radius 1 is 1.00 bits per heavy atom. The fraction of sp³-hybridized carbons (Fsp3) is 0.500. The van der Waals surface area contributed by atoms with E-state index < -0.39 is 24.7 Å². The van der Waals surface area contributed by atoms with Gasteiger partial charge in [-0.15, -0.1) is 25.0 Å². The monoisotopic (exact) mass is 280 g/mol. The minimum Gasteiger partial charge on any atom is -0.206 e. The van der Waals surface area contributed by atoms with Crippen LogP contribution in [0.25, 0.3) is 0 Å². The average molecular weight is 280 g/mol. The molecule has 0 rings (SSSR count). The van der Waals surface area contributed by atoms with Crippen molar-refractivity contribution in [3.63, 3.8) is 0 Å². The maximum absolute atomic E-state index is 11.6. The van der Waals surface area contributed by atoms with Gasteiger partial charge in [0, 0.05) is 32.7 Å². The van der Waals surface area contributed by atoms with E-state index in [9.17, 15) is 26.3 Å². The van der Waals surface area contributed by atoms with E-state index in [0.717, 1.165) is 0 Å². The third-order valence-corrected chi connectivity index (χ3v) is 1.03. The molecule has 0 saturated heterocycles. The van der Waals surface area contributed by atoms with Gasteiger partial charge in [0.1, 0.15) is 0 Å². The zero-order chi connectivity index (χ0) is 9.99. The fourth-order valence-electron chi connectivity index (χ4n) is 0.537. The van der Waals surface area contributed by atoms with E-state index >= 15 is 0 Å². The van der Waals surface area contributed by atoms with Gasteiger partial charge in [-0.2, -0.15) is 0 Å². The number of hydrogen-bond donors (Lipinski definition) is 0. The van der Waals surface area contributed by atoms with Crippen molar-refractivity contribution in [1.29, 1.82) is 0 Å². The first kappa shape index (κ1) is 15.9. The van der Waals surface area contributed by atoms with Gasteiger partial charge in [-0.1, -0.05) is 0 Å². The summed E-state index contributed by atoms with van der Waals surface area (Å²) in [6.45, 7) is 2.81. The van der Waals surface area contributed by atoms with Gasteiger partial charge >= 0.3 is 0 Å². The van der Waals surface area contributed by atoms with Crippen LogP contribution in [0.3, 0.4) is 0 Å². The summed E-state index contributed by atoms with van der Waals surface area (Å²) in [7, 11) is 0. The molecule has 0 atom stereocenters. The van der Waals surface area contributed by atoms with E-state index in [-0.39, 0.29) is 32.7 Å². The van der Waals surface area contributed by atoms with Crippen LogP contribution < -0.4 is 0 Å². The van der Waals surface area contributed by atoms with Gasteiger partial charge in [-0.25, -0.2) is 26.3 Å². The zero-order valence-corrected chi connectivity index (χ0v) is 9.18. The maximum atomic E-state index is 11.6. The van der Waals surface area contributed by atoms with E-state index in [2.05, 4.69) is 6.58 Å². The molecule has 0 aromatic rings. The SMILES string of the molecule is C=CC[C-](C(F)(F)F)C(F)(F)F.[Y]. The molecule has 0 nitrogen and oxygen atoms in total. The van der Waals surface area contributed by atoms with Crippen molar-refractivity contribution >= 4 is 0 Å². The molecule has 0 aromatic heterocycles. The second-order valence-corrected chi connectivity index (χ2v) is 1.97. The third kappa shape index (κ3) is 5.67. The van der Waals surface area contributed by atoms with Crippen molar-refractivity contribution in [3.05, 3.63) is 18.6 Å². The first-order valence-corrected chi connectivity index (χ1v) is 2.80. The number of rotatable bonds is 2. The van der Waals surface area contributed by atoms with E-state index in [1.807, 2.05) is 0 Å². The van der Waals surface area contributed by atoms with Crippen molar-refractivity contribution in [2.24, 2.45) is 0 Å².